The highest BCUT2D eigenvalue weighted by Crippen LogP contribution is 2.19. The molecule has 0 aromatic heterocycles. The summed E-state index contributed by atoms with van der Waals surface area (Å²) < 4.78 is 13.7. The van der Waals surface area contributed by atoms with E-state index in [4.69, 9.17) is 0 Å². The number of carbonyl (C=O) groups is 1. The van der Waals surface area contributed by atoms with Crippen molar-refractivity contribution in [3.63, 3.8) is 0 Å². The molecule has 21 heavy (non-hydrogen) atoms. The minimum absolute atomic E-state index is 0.203. The van der Waals surface area contributed by atoms with E-state index in [2.05, 4.69) is 10.6 Å². The Morgan fingerprint density at radius 3 is 2.52 bits per heavy atom. The molecule has 0 saturated heterocycles. The van der Waals surface area contributed by atoms with Crippen LogP contribution in [-0.2, 0) is 0 Å². The van der Waals surface area contributed by atoms with E-state index < -0.39 is 0 Å². The molecule has 2 aromatic carbocycles. The molecule has 0 radical (unpaired) electrons. The summed E-state index contributed by atoms with van der Waals surface area (Å²) in [5.41, 5.74) is 2.90. The first kappa shape index (κ1) is 15.0. The van der Waals surface area contributed by atoms with Gasteiger partial charge in [-0.1, -0.05) is 18.2 Å². The number of hydrogen-bond donors (Lipinski definition) is 2. The van der Waals surface area contributed by atoms with Crippen molar-refractivity contribution in [2.75, 3.05) is 12.4 Å². The Hall–Kier alpha value is -2.36. The smallest absolute Gasteiger partial charge is 0.252 e. The molecule has 0 heterocycles. The van der Waals surface area contributed by atoms with Gasteiger partial charge in [0.05, 0.1) is 6.04 Å². The molecule has 110 valence electrons. The summed E-state index contributed by atoms with van der Waals surface area (Å²) in [6.07, 6.45) is 0. The molecule has 2 rings (SSSR count). The van der Waals surface area contributed by atoms with Gasteiger partial charge in [-0.3, -0.25) is 4.79 Å². The minimum Gasteiger partial charge on any atom is -0.388 e. The molecule has 0 aliphatic heterocycles. The number of hydrogen-bond acceptors (Lipinski definition) is 2. The highest BCUT2D eigenvalue weighted by atomic mass is 19.1. The molecule has 0 aliphatic rings. The maximum Gasteiger partial charge on any atom is 0.252 e. The lowest BCUT2D eigenvalue weighted by atomic mass is 10.0. The van der Waals surface area contributed by atoms with Crippen molar-refractivity contribution in [2.24, 2.45) is 0 Å². The van der Waals surface area contributed by atoms with E-state index in [1.807, 2.05) is 26.1 Å². The fraction of sp³-hybridized carbons (Fsp3) is 0.235. The first-order chi connectivity index (χ1) is 10.0. The summed E-state index contributed by atoms with van der Waals surface area (Å²) in [7, 11) is 1.83. The summed E-state index contributed by atoms with van der Waals surface area (Å²) in [5.74, 6) is -0.515. The number of rotatable bonds is 4. The fourth-order valence-electron chi connectivity index (χ4n) is 2.25. The van der Waals surface area contributed by atoms with Gasteiger partial charge in [-0.25, -0.2) is 4.39 Å². The van der Waals surface area contributed by atoms with E-state index in [0.717, 1.165) is 11.3 Å². The molecule has 3 nitrogen and oxygen atoms in total. The zero-order valence-corrected chi connectivity index (χ0v) is 12.4. The normalized spacial score (nSPS) is 11.8. The van der Waals surface area contributed by atoms with Crippen LogP contribution in [0.4, 0.5) is 10.1 Å². The molecule has 1 amide bonds. The molecular weight excluding hydrogens is 267 g/mol. The first-order valence-electron chi connectivity index (χ1n) is 6.86. The number of amides is 1. The maximum absolute atomic E-state index is 13.7. The van der Waals surface area contributed by atoms with E-state index in [1.54, 1.807) is 31.2 Å². The topological polar surface area (TPSA) is 41.1 Å². The van der Waals surface area contributed by atoms with Gasteiger partial charge in [0.15, 0.2) is 0 Å². The Morgan fingerprint density at radius 1 is 1.19 bits per heavy atom. The number of halogens is 1. The number of anilines is 1. The number of benzene rings is 2. The average molecular weight is 286 g/mol. The van der Waals surface area contributed by atoms with Crippen molar-refractivity contribution in [3.8, 4) is 0 Å². The molecule has 4 heteroatoms. The van der Waals surface area contributed by atoms with Gasteiger partial charge < -0.3 is 10.6 Å². The fourth-order valence-corrected chi connectivity index (χ4v) is 2.25. The van der Waals surface area contributed by atoms with Crippen LogP contribution in [0.2, 0.25) is 0 Å². The summed E-state index contributed by atoms with van der Waals surface area (Å²) in [6, 6.07) is 11.6. The highest BCUT2D eigenvalue weighted by molar-refractivity contribution is 5.96. The second-order valence-electron chi connectivity index (χ2n) is 5.00. The van der Waals surface area contributed by atoms with Gasteiger partial charge in [-0.15, -0.1) is 0 Å². The average Bonchev–Trinajstić information content (AvgIpc) is 2.47. The van der Waals surface area contributed by atoms with E-state index in [1.165, 1.54) is 6.07 Å². The lowest BCUT2D eigenvalue weighted by Crippen LogP contribution is -2.27. The monoisotopic (exact) mass is 286 g/mol. The predicted molar refractivity (Wildman–Crippen MR) is 83.0 cm³/mol. The van der Waals surface area contributed by atoms with E-state index in [0.29, 0.717) is 11.1 Å². The van der Waals surface area contributed by atoms with E-state index >= 15 is 0 Å². The minimum atomic E-state index is -0.387. The van der Waals surface area contributed by atoms with Gasteiger partial charge >= 0.3 is 0 Å². The molecule has 0 bridgehead atoms. The zero-order chi connectivity index (χ0) is 15.4. The molecule has 0 fully saturated rings. The van der Waals surface area contributed by atoms with Crippen molar-refractivity contribution < 1.29 is 9.18 Å². The van der Waals surface area contributed by atoms with Crippen molar-refractivity contribution in [1.29, 1.82) is 0 Å². The van der Waals surface area contributed by atoms with Crippen LogP contribution in [-0.4, -0.2) is 13.0 Å². The Morgan fingerprint density at radius 2 is 1.90 bits per heavy atom. The van der Waals surface area contributed by atoms with E-state index in [9.17, 15) is 9.18 Å². The zero-order valence-electron chi connectivity index (χ0n) is 12.4. The van der Waals surface area contributed by atoms with Crippen LogP contribution in [0.5, 0.6) is 0 Å². The third kappa shape index (κ3) is 3.40. The van der Waals surface area contributed by atoms with Gasteiger partial charge in [0.25, 0.3) is 5.91 Å². The van der Waals surface area contributed by atoms with Crippen molar-refractivity contribution in [3.05, 3.63) is 65.0 Å². The largest absolute Gasteiger partial charge is 0.388 e. The molecule has 0 spiro atoms. The van der Waals surface area contributed by atoms with Crippen LogP contribution in [0.1, 0.15) is 34.5 Å². The Bertz CT molecular complexity index is 655. The second kappa shape index (κ2) is 6.39. The van der Waals surface area contributed by atoms with E-state index in [-0.39, 0.29) is 17.8 Å². The highest BCUT2D eigenvalue weighted by Gasteiger charge is 2.15. The predicted octanol–water partition coefficient (Wildman–Crippen LogP) is 3.67. The molecule has 2 N–H and O–H groups in total. The van der Waals surface area contributed by atoms with Crippen LogP contribution in [0.15, 0.2) is 42.5 Å². The molecule has 0 saturated carbocycles. The van der Waals surface area contributed by atoms with Gasteiger partial charge in [-0.05, 0) is 43.7 Å². The molecule has 2 aromatic rings. The van der Waals surface area contributed by atoms with Crippen LogP contribution < -0.4 is 10.6 Å². The summed E-state index contributed by atoms with van der Waals surface area (Å²) >= 11 is 0. The van der Waals surface area contributed by atoms with Gasteiger partial charge in [0.2, 0.25) is 0 Å². The Kier molecular flexibility index (Phi) is 4.58. The van der Waals surface area contributed by atoms with Crippen molar-refractivity contribution >= 4 is 11.6 Å². The second-order valence-corrected chi connectivity index (χ2v) is 5.00. The van der Waals surface area contributed by atoms with Crippen LogP contribution in [0.3, 0.4) is 0 Å². The van der Waals surface area contributed by atoms with Gasteiger partial charge in [-0.2, -0.15) is 0 Å². The van der Waals surface area contributed by atoms with Gasteiger partial charge in [0, 0.05) is 23.9 Å². The molecule has 0 aliphatic carbocycles. The van der Waals surface area contributed by atoms with Crippen LogP contribution in [0, 0.1) is 12.7 Å². The lowest BCUT2D eigenvalue weighted by molar-refractivity contribution is 0.0939. The van der Waals surface area contributed by atoms with Crippen LogP contribution >= 0.6 is 0 Å². The summed E-state index contributed by atoms with van der Waals surface area (Å²) in [4.78, 5) is 12.3. The van der Waals surface area contributed by atoms with Crippen LogP contribution in [0.25, 0.3) is 0 Å². The number of nitrogens with one attached hydrogen (secondary N) is 2. The molecule has 1 atom stereocenters. The SMILES string of the molecule is CNc1ccc(C(=O)NC(C)c2ccccc2F)c(C)c1. The van der Waals surface area contributed by atoms with Crippen molar-refractivity contribution in [2.45, 2.75) is 19.9 Å². The quantitative estimate of drug-likeness (QED) is 0.900. The Balaban J connectivity index is 2.16. The first-order valence-corrected chi connectivity index (χ1v) is 6.86. The number of carbonyl (C=O) groups excluding carboxylic acids is 1. The molecular formula is C17H19FN2O. The standard InChI is InChI=1S/C17H19FN2O/c1-11-10-13(19-3)8-9-14(11)17(21)20-12(2)15-6-4-5-7-16(15)18/h4-10,12,19H,1-3H3,(H,20,21). The third-order valence-corrected chi connectivity index (χ3v) is 3.48. The number of aryl methyl sites for hydroxylation is 1. The maximum atomic E-state index is 13.7. The van der Waals surface area contributed by atoms with Gasteiger partial charge in [0.1, 0.15) is 5.82 Å². The molecule has 1 unspecified atom stereocenters. The van der Waals surface area contributed by atoms with Crippen molar-refractivity contribution in [1.82, 2.24) is 5.32 Å². The summed E-state index contributed by atoms with van der Waals surface area (Å²) in [6.45, 7) is 3.65. The third-order valence-electron chi connectivity index (χ3n) is 3.48. The summed E-state index contributed by atoms with van der Waals surface area (Å²) in [5, 5.41) is 5.86. The Labute approximate surface area is 124 Å². The lowest BCUT2D eigenvalue weighted by Gasteiger charge is -2.16.